The van der Waals surface area contributed by atoms with Gasteiger partial charge in [0.15, 0.2) is 0 Å². The van der Waals surface area contributed by atoms with Crippen molar-refractivity contribution >= 4 is 33.0 Å². The van der Waals surface area contributed by atoms with Crippen molar-refractivity contribution in [3.63, 3.8) is 0 Å². The number of nitrogens with one attached hydrogen (secondary N) is 1. The van der Waals surface area contributed by atoms with Gasteiger partial charge in [0, 0.05) is 17.8 Å². The summed E-state index contributed by atoms with van der Waals surface area (Å²) in [6.45, 7) is 5.33. The summed E-state index contributed by atoms with van der Waals surface area (Å²) in [5.74, 6) is -0.561. The lowest BCUT2D eigenvalue weighted by Gasteiger charge is -2.31. The molecule has 0 saturated carbocycles. The average Bonchev–Trinajstić information content (AvgIpc) is 2.61. The van der Waals surface area contributed by atoms with E-state index in [1.54, 1.807) is 26.0 Å². The molecule has 0 heterocycles. The number of rotatable bonds is 7. The number of amides is 1. The van der Waals surface area contributed by atoms with Gasteiger partial charge in [-0.3, -0.25) is 19.2 Å². The summed E-state index contributed by atoms with van der Waals surface area (Å²) < 4.78 is 26.2. The summed E-state index contributed by atoms with van der Waals surface area (Å²) in [6.07, 6.45) is 1.28. The van der Waals surface area contributed by atoms with E-state index in [1.807, 2.05) is 13.0 Å². The number of nitro benzene ring substituents is 1. The van der Waals surface area contributed by atoms with Crippen molar-refractivity contribution in [1.82, 2.24) is 0 Å². The number of carbonyl (C=O) groups excluding carboxylic acids is 1. The van der Waals surface area contributed by atoms with Crippen LogP contribution in [0.3, 0.4) is 0 Å². The molecular weight excluding hydrogens is 382 g/mol. The van der Waals surface area contributed by atoms with Gasteiger partial charge in [0.25, 0.3) is 5.69 Å². The zero-order valence-corrected chi connectivity index (χ0v) is 17.0. The number of anilines is 2. The number of hydrogen-bond donors (Lipinski definition) is 1. The number of nitro groups is 1. The molecule has 9 heteroatoms. The van der Waals surface area contributed by atoms with Crippen molar-refractivity contribution in [2.45, 2.75) is 33.2 Å². The number of aryl methyl sites for hydroxylation is 2. The predicted octanol–water partition coefficient (Wildman–Crippen LogP) is 3.39. The topological polar surface area (TPSA) is 110 Å². The molecule has 1 amide bonds. The average molecular weight is 405 g/mol. The smallest absolute Gasteiger partial charge is 0.271 e. The molecule has 2 aromatic carbocycles. The minimum Gasteiger partial charge on any atom is -0.324 e. The molecule has 1 N–H and O–H groups in total. The normalized spacial score (nSPS) is 12.3. The molecule has 0 aliphatic carbocycles. The van der Waals surface area contributed by atoms with Crippen LogP contribution in [0.15, 0.2) is 42.5 Å². The summed E-state index contributed by atoms with van der Waals surface area (Å²) in [5.41, 5.74) is 2.08. The minimum atomic E-state index is -3.76. The van der Waals surface area contributed by atoms with Gasteiger partial charge in [-0.1, -0.05) is 25.1 Å². The standard InChI is InChI=1S/C19H23N3O5S/c1-5-17(19(23)20-15-7-6-8-16(12-15)22(24)25)21(28(4,26)27)18-11-13(2)9-10-14(18)3/h6-12,17H,5H2,1-4H3,(H,20,23)/t17-/m0/s1. The molecule has 0 unspecified atom stereocenters. The lowest BCUT2D eigenvalue weighted by molar-refractivity contribution is -0.384. The van der Waals surface area contributed by atoms with Crippen molar-refractivity contribution in [2.24, 2.45) is 0 Å². The van der Waals surface area contributed by atoms with E-state index in [9.17, 15) is 23.3 Å². The highest BCUT2D eigenvalue weighted by molar-refractivity contribution is 7.92. The van der Waals surface area contributed by atoms with Crippen molar-refractivity contribution in [3.05, 3.63) is 63.7 Å². The van der Waals surface area contributed by atoms with Gasteiger partial charge in [-0.2, -0.15) is 0 Å². The van der Waals surface area contributed by atoms with Gasteiger partial charge in [0.1, 0.15) is 6.04 Å². The Labute approximate surface area is 164 Å². The number of non-ortho nitro benzene ring substituents is 1. The predicted molar refractivity (Wildman–Crippen MR) is 109 cm³/mol. The Morgan fingerprint density at radius 3 is 2.46 bits per heavy atom. The van der Waals surface area contributed by atoms with Gasteiger partial charge in [-0.05, 0) is 43.5 Å². The monoisotopic (exact) mass is 405 g/mol. The van der Waals surface area contributed by atoms with Crippen LogP contribution in [0.5, 0.6) is 0 Å². The van der Waals surface area contributed by atoms with Crippen LogP contribution in [-0.4, -0.2) is 31.5 Å². The van der Waals surface area contributed by atoms with Crippen LogP contribution in [0.2, 0.25) is 0 Å². The molecule has 0 saturated heterocycles. The molecule has 0 aliphatic heterocycles. The minimum absolute atomic E-state index is 0.166. The molecule has 2 aromatic rings. The molecule has 0 fully saturated rings. The quantitative estimate of drug-likeness (QED) is 0.561. The number of benzene rings is 2. The van der Waals surface area contributed by atoms with Crippen LogP contribution in [0.25, 0.3) is 0 Å². The van der Waals surface area contributed by atoms with E-state index >= 15 is 0 Å². The summed E-state index contributed by atoms with van der Waals surface area (Å²) >= 11 is 0. The second kappa shape index (κ2) is 8.39. The van der Waals surface area contributed by atoms with Crippen molar-refractivity contribution in [3.8, 4) is 0 Å². The zero-order chi connectivity index (χ0) is 21.1. The van der Waals surface area contributed by atoms with Crippen molar-refractivity contribution < 1.29 is 18.1 Å². The third-order valence-electron chi connectivity index (χ3n) is 4.26. The lowest BCUT2D eigenvalue weighted by Crippen LogP contribution is -2.47. The molecular formula is C19H23N3O5S. The first-order valence-electron chi connectivity index (χ1n) is 8.66. The first-order chi connectivity index (χ1) is 13.0. The first kappa shape index (κ1) is 21.4. The maximum atomic E-state index is 12.9. The van der Waals surface area contributed by atoms with Crippen LogP contribution in [0.1, 0.15) is 24.5 Å². The summed E-state index contributed by atoms with van der Waals surface area (Å²) in [5, 5.41) is 13.5. The van der Waals surface area contributed by atoms with Gasteiger partial charge in [-0.15, -0.1) is 0 Å². The molecule has 28 heavy (non-hydrogen) atoms. The number of nitrogens with zero attached hydrogens (tertiary/aromatic N) is 2. The highest BCUT2D eigenvalue weighted by Gasteiger charge is 2.32. The Bertz CT molecular complexity index is 1000. The van der Waals surface area contributed by atoms with Crippen LogP contribution < -0.4 is 9.62 Å². The fourth-order valence-corrected chi connectivity index (χ4v) is 4.18. The van der Waals surface area contributed by atoms with E-state index in [0.29, 0.717) is 5.69 Å². The largest absolute Gasteiger partial charge is 0.324 e. The SMILES string of the molecule is CC[C@@H](C(=O)Nc1cccc([N+](=O)[O-])c1)N(c1cc(C)ccc1C)S(C)(=O)=O. The molecule has 1 atom stereocenters. The van der Waals surface area contributed by atoms with E-state index in [1.165, 1.54) is 24.3 Å². The molecule has 0 radical (unpaired) electrons. The Balaban J connectivity index is 2.44. The zero-order valence-electron chi connectivity index (χ0n) is 16.2. The maximum absolute atomic E-state index is 12.9. The fraction of sp³-hybridized carbons (Fsp3) is 0.316. The van der Waals surface area contributed by atoms with Gasteiger partial charge >= 0.3 is 0 Å². The van der Waals surface area contributed by atoms with E-state index in [2.05, 4.69) is 5.32 Å². The molecule has 0 aliphatic rings. The fourth-order valence-electron chi connectivity index (χ4n) is 2.92. The number of carbonyl (C=O) groups is 1. The third kappa shape index (κ3) is 4.86. The van der Waals surface area contributed by atoms with E-state index in [0.717, 1.165) is 21.7 Å². The van der Waals surface area contributed by atoms with Crippen LogP contribution >= 0.6 is 0 Å². The van der Waals surface area contributed by atoms with Gasteiger partial charge in [-0.25, -0.2) is 8.42 Å². The van der Waals surface area contributed by atoms with Crippen molar-refractivity contribution in [1.29, 1.82) is 0 Å². The Hall–Kier alpha value is -2.94. The molecule has 0 spiro atoms. The van der Waals surface area contributed by atoms with Gasteiger partial charge in [0.05, 0.1) is 16.9 Å². The summed E-state index contributed by atoms with van der Waals surface area (Å²) in [6, 6.07) is 9.89. The highest BCUT2D eigenvalue weighted by atomic mass is 32.2. The second-order valence-electron chi connectivity index (χ2n) is 6.57. The van der Waals surface area contributed by atoms with E-state index in [4.69, 9.17) is 0 Å². The second-order valence-corrected chi connectivity index (χ2v) is 8.43. The van der Waals surface area contributed by atoms with Crippen LogP contribution in [0, 0.1) is 24.0 Å². The molecule has 0 aromatic heterocycles. The van der Waals surface area contributed by atoms with Gasteiger partial charge in [0.2, 0.25) is 15.9 Å². The lowest BCUT2D eigenvalue weighted by atomic mass is 10.1. The third-order valence-corrected chi connectivity index (χ3v) is 5.42. The number of sulfonamides is 1. The Morgan fingerprint density at radius 1 is 1.21 bits per heavy atom. The molecule has 0 bridgehead atoms. The van der Waals surface area contributed by atoms with Crippen LogP contribution in [-0.2, 0) is 14.8 Å². The summed E-state index contributed by atoms with van der Waals surface area (Å²) in [7, 11) is -3.76. The molecule has 8 nitrogen and oxygen atoms in total. The van der Waals surface area contributed by atoms with Crippen LogP contribution in [0.4, 0.5) is 17.1 Å². The first-order valence-corrected chi connectivity index (χ1v) is 10.5. The molecule has 2 rings (SSSR count). The number of hydrogen-bond acceptors (Lipinski definition) is 5. The van der Waals surface area contributed by atoms with Crippen molar-refractivity contribution in [2.75, 3.05) is 15.9 Å². The Kier molecular flexibility index (Phi) is 6.40. The Morgan fingerprint density at radius 2 is 1.89 bits per heavy atom. The summed E-state index contributed by atoms with van der Waals surface area (Å²) in [4.78, 5) is 23.3. The molecule has 150 valence electrons. The highest BCUT2D eigenvalue weighted by Crippen LogP contribution is 2.28. The maximum Gasteiger partial charge on any atom is 0.271 e. The van der Waals surface area contributed by atoms with Gasteiger partial charge < -0.3 is 5.32 Å². The van der Waals surface area contributed by atoms with E-state index in [-0.39, 0.29) is 17.8 Å². The van der Waals surface area contributed by atoms with E-state index < -0.39 is 26.9 Å².